The van der Waals surface area contributed by atoms with Crippen molar-refractivity contribution in [2.24, 2.45) is 5.73 Å². The van der Waals surface area contributed by atoms with Crippen LogP contribution in [0.3, 0.4) is 0 Å². The van der Waals surface area contributed by atoms with Crippen molar-refractivity contribution in [2.75, 3.05) is 20.3 Å². The Morgan fingerprint density at radius 2 is 2.21 bits per heavy atom. The minimum absolute atomic E-state index is 0.0983. The maximum atomic E-state index is 11.1. The Morgan fingerprint density at radius 3 is 2.71 bits per heavy atom. The SMILES string of the molecule is COCCNC(=O)[C@@H](N)CCC(=O)O. The number of hydrogen-bond acceptors (Lipinski definition) is 4. The first-order valence-electron chi connectivity index (χ1n) is 4.32. The van der Waals surface area contributed by atoms with Gasteiger partial charge in [-0.25, -0.2) is 0 Å². The number of hydrogen-bond donors (Lipinski definition) is 3. The number of nitrogens with two attached hydrogens (primary N) is 1. The monoisotopic (exact) mass is 204 g/mol. The normalized spacial score (nSPS) is 12.1. The van der Waals surface area contributed by atoms with E-state index in [2.05, 4.69) is 5.32 Å². The lowest BCUT2D eigenvalue weighted by Gasteiger charge is -2.10. The van der Waals surface area contributed by atoms with Gasteiger partial charge in [-0.3, -0.25) is 9.59 Å². The van der Waals surface area contributed by atoms with Crippen LogP contribution in [-0.2, 0) is 14.3 Å². The van der Waals surface area contributed by atoms with Crippen LogP contribution in [0.25, 0.3) is 0 Å². The van der Waals surface area contributed by atoms with Crippen molar-refractivity contribution in [2.45, 2.75) is 18.9 Å². The van der Waals surface area contributed by atoms with Gasteiger partial charge in [-0.15, -0.1) is 0 Å². The molecular weight excluding hydrogens is 188 g/mol. The summed E-state index contributed by atoms with van der Waals surface area (Å²) in [6.45, 7) is 0.799. The zero-order chi connectivity index (χ0) is 11.0. The molecule has 0 aliphatic carbocycles. The van der Waals surface area contributed by atoms with Gasteiger partial charge in [-0.2, -0.15) is 0 Å². The van der Waals surface area contributed by atoms with Crippen molar-refractivity contribution in [3.8, 4) is 0 Å². The number of nitrogens with one attached hydrogen (secondary N) is 1. The summed E-state index contributed by atoms with van der Waals surface area (Å²) in [6.07, 6.45) is 0.0486. The summed E-state index contributed by atoms with van der Waals surface area (Å²) in [5.74, 6) is -1.30. The summed E-state index contributed by atoms with van der Waals surface area (Å²) >= 11 is 0. The second-order valence-corrected chi connectivity index (χ2v) is 2.82. The Balaban J connectivity index is 3.59. The molecule has 0 spiro atoms. The molecule has 1 atom stereocenters. The van der Waals surface area contributed by atoms with Gasteiger partial charge in [0.05, 0.1) is 12.6 Å². The zero-order valence-electron chi connectivity index (χ0n) is 8.16. The second-order valence-electron chi connectivity index (χ2n) is 2.82. The highest BCUT2D eigenvalue weighted by molar-refractivity contribution is 5.82. The number of carboxylic acids is 1. The molecule has 0 aliphatic heterocycles. The maximum absolute atomic E-state index is 11.1. The number of aliphatic carboxylic acids is 1. The first-order chi connectivity index (χ1) is 6.57. The van der Waals surface area contributed by atoms with Gasteiger partial charge in [0.1, 0.15) is 0 Å². The van der Waals surface area contributed by atoms with Crippen molar-refractivity contribution in [1.29, 1.82) is 0 Å². The topological polar surface area (TPSA) is 102 Å². The Kier molecular flexibility index (Phi) is 6.69. The Morgan fingerprint density at radius 1 is 1.57 bits per heavy atom. The smallest absolute Gasteiger partial charge is 0.303 e. The van der Waals surface area contributed by atoms with E-state index in [9.17, 15) is 9.59 Å². The Bertz CT molecular complexity index is 196. The number of ether oxygens (including phenoxy) is 1. The lowest BCUT2D eigenvalue weighted by atomic mass is 10.1. The highest BCUT2D eigenvalue weighted by Crippen LogP contribution is 1.94. The van der Waals surface area contributed by atoms with Gasteiger partial charge in [-0.05, 0) is 6.42 Å². The molecule has 82 valence electrons. The highest BCUT2D eigenvalue weighted by Gasteiger charge is 2.13. The molecule has 0 heterocycles. The van der Waals surface area contributed by atoms with Gasteiger partial charge in [0.15, 0.2) is 0 Å². The van der Waals surface area contributed by atoms with Crippen molar-refractivity contribution < 1.29 is 19.4 Å². The minimum atomic E-state index is -0.954. The van der Waals surface area contributed by atoms with E-state index in [0.717, 1.165) is 0 Å². The van der Waals surface area contributed by atoms with E-state index >= 15 is 0 Å². The van der Waals surface area contributed by atoms with Gasteiger partial charge in [-0.1, -0.05) is 0 Å². The molecule has 0 saturated heterocycles. The first kappa shape index (κ1) is 12.9. The largest absolute Gasteiger partial charge is 0.481 e. The molecule has 0 saturated carbocycles. The minimum Gasteiger partial charge on any atom is -0.481 e. The van der Waals surface area contributed by atoms with E-state index in [1.807, 2.05) is 0 Å². The number of amides is 1. The third-order valence-corrected chi connectivity index (χ3v) is 1.61. The van der Waals surface area contributed by atoms with Crippen LogP contribution >= 0.6 is 0 Å². The van der Waals surface area contributed by atoms with Gasteiger partial charge >= 0.3 is 5.97 Å². The van der Waals surface area contributed by atoms with Crippen LogP contribution in [0.4, 0.5) is 0 Å². The molecule has 0 radical (unpaired) electrons. The number of carbonyl (C=O) groups is 2. The number of methoxy groups -OCH3 is 1. The standard InChI is InChI=1S/C8H16N2O4/c1-14-5-4-10-8(13)6(9)2-3-7(11)12/h6H,2-5,9H2,1H3,(H,10,13)(H,11,12)/t6-/m0/s1. The van der Waals surface area contributed by atoms with Gasteiger partial charge < -0.3 is 20.9 Å². The third kappa shape index (κ3) is 6.38. The molecule has 0 aromatic heterocycles. The fourth-order valence-electron chi connectivity index (χ4n) is 0.817. The van der Waals surface area contributed by atoms with Gasteiger partial charge in [0, 0.05) is 20.1 Å². The Hall–Kier alpha value is -1.14. The molecule has 6 nitrogen and oxygen atoms in total. The number of carboxylic acid groups (broad SMARTS) is 1. The molecule has 0 unspecified atom stereocenters. The molecule has 6 heteroatoms. The van der Waals surface area contributed by atoms with Crippen LogP contribution in [0.2, 0.25) is 0 Å². The van der Waals surface area contributed by atoms with Crippen molar-refractivity contribution in [1.82, 2.24) is 5.32 Å². The van der Waals surface area contributed by atoms with Crippen molar-refractivity contribution in [3.63, 3.8) is 0 Å². The summed E-state index contributed by atoms with van der Waals surface area (Å²) in [4.78, 5) is 21.3. The third-order valence-electron chi connectivity index (χ3n) is 1.61. The summed E-state index contributed by atoms with van der Waals surface area (Å²) in [6, 6.07) is -0.761. The summed E-state index contributed by atoms with van der Waals surface area (Å²) < 4.78 is 4.72. The second kappa shape index (κ2) is 7.28. The van der Waals surface area contributed by atoms with E-state index in [4.69, 9.17) is 15.6 Å². The van der Waals surface area contributed by atoms with E-state index in [0.29, 0.717) is 13.2 Å². The van der Waals surface area contributed by atoms with Crippen molar-refractivity contribution in [3.05, 3.63) is 0 Å². The molecule has 1 amide bonds. The lowest BCUT2D eigenvalue weighted by Crippen LogP contribution is -2.42. The van der Waals surface area contributed by atoms with E-state index in [1.165, 1.54) is 7.11 Å². The lowest BCUT2D eigenvalue weighted by molar-refractivity contribution is -0.137. The van der Waals surface area contributed by atoms with E-state index in [1.54, 1.807) is 0 Å². The Labute approximate surface area is 82.4 Å². The first-order valence-corrected chi connectivity index (χ1v) is 4.32. The quantitative estimate of drug-likeness (QED) is 0.459. The van der Waals surface area contributed by atoms with Gasteiger partial charge in [0.25, 0.3) is 0 Å². The van der Waals surface area contributed by atoms with Crippen LogP contribution in [0.15, 0.2) is 0 Å². The molecule has 0 rings (SSSR count). The van der Waals surface area contributed by atoms with Crippen LogP contribution in [0, 0.1) is 0 Å². The predicted octanol–water partition coefficient (Wildman–Crippen LogP) is -1.06. The highest BCUT2D eigenvalue weighted by atomic mass is 16.5. The van der Waals surface area contributed by atoms with Crippen molar-refractivity contribution >= 4 is 11.9 Å². The molecule has 0 bridgehead atoms. The molecule has 0 fully saturated rings. The average molecular weight is 204 g/mol. The molecule has 4 N–H and O–H groups in total. The summed E-state index contributed by atoms with van der Waals surface area (Å²) in [5.41, 5.74) is 5.43. The predicted molar refractivity (Wildman–Crippen MR) is 49.7 cm³/mol. The van der Waals surface area contributed by atoms with Crippen LogP contribution < -0.4 is 11.1 Å². The summed E-state index contributed by atoms with van der Waals surface area (Å²) in [7, 11) is 1.52. The van der Waals surface area contributed by atoms with Crippen LogP contribution in [0.5, 0.6) is 0 Å². The van der Waals surface area contributed by atoms with Crippen LogP contribution in [-0.4, -0.2) is 43.3 Å². The molecule has 0 aliphatic rings. The fourth-order valence-corrected chi connectivity index (χ4v) is 0.817. The molecule has 14 heavy (non-hydrogen) atoms. The van der Waals surface area contributed by atoms with E-state index < -0.39 is 12.0 Å². The maximum Gasteiger partial charge on any atom is 0.303 e. The zero-order valence-corrected chi connectivity index (χ0v) is 8.16. The molecular formula is C8H16N2O4. The van der Waals surface area contributed by atoms with E-state index in [-0.39, 0.29) is 18.7 Å². The molecule has 0 aromatic rings. The van der Waals surface area contributed by atoms with Gasteiger partial charge in [0.2, 0.25) is 5.91 Å². The van der Waals surface area contributed by atoms with Crippen LogP contribution in [0.1, 0.15) is 12.8 Å². The number of carbonyl (C=O) groups excluding carboxylic acids is 1. The summed E-state index contributed by atoms with van der Waals surface area (Å²) in [5, 5.41) is 10.9. The molecule has 0 aromatic carbocycles. The number of rotatable bonds is 7. The fraction of sp³-hybridized carbons (Fsp3) is 0.750. The average Bonchev–Trinajstić information content (AvgIpc) is 2.14.